The molecule has 1 unspecified atom stereocenters. The highest BCUT2D eigenvalue weighted by molar-refractivity contribution is 7.72. The molecule has 1 N–H and O–H groups in total. The molecule has 0 spiro atoms. The molecule has 1 fully saturated rings. The standard InChI is InChI=1S/C27H23Cl2N3O4S/c1-16(37(34)35)18-9-7-17(8-10-18)13-23(33)30-20-14-21(28)24(22(29)15-20)27(11-12-27)26-31-25(36-32-26)19-5-3-2-4-6-19/h2-10,14-16,37H,11-13H2,1H3,(H,30,33). The van der Waals surface area contributed by atoms with Crippen molar-refractivity contribution in [3.05, 3.63) is 99.3 Å². The SMILES string of the molecule is CC(c1ccc(CC(=O)Nc2cc(Cl)c(C3(c4noc(-c5ccccc5)n4)CC3)c(Cl)c2)cc1)[SH](=O)=O. The Labute approximate surface area is 225 Å². The summed E-state index contributed by atoms with van der Waals surface area (Å²) in [4.78, 5) is 17.3. The summed E-state index contributed by atoms with van der Waals surface area (Å²) in [5.41, 5.74) is 2.94. The zero-order valence-corrected chi connectivity index (χ0v) is 22.2. The third kappa shape index (κ3) is 5.28. The lowest BCUT2D eigenvalue weighted by Crippen LogP contribution is -2.16. The van der Waals surface area contributed by atoms with Crippen LogP contribution in [0.4, 0.5) is 5.69 Å². The van der Waals surface area contributed by atoms with Crippen LogP contribution in [0.15, 0.2) is 71.3 Å². The zero-order valence-electron chi connectivity index (χ0n) is 19.8. The fourth-order valence-electron chi connectivity index (χ4n) is 4.36. The Hall–Kier alpha value is -3.20. The number of aromatic nitrogens is 2. The summed E-state index contributed by atoms with van der Waals surface area (Å²) in [5, 5.41) is 7.31. The zero-order chi connectivity index (χ0) is 26.2. The van der Waals surface area contributed by atoms with Gasteiger partial charge in [0, 0.05) is 26.9 Å². The second-order valence-electron chi connectivity index (χ2n) is 9.11. The summed E-state index contributed by atoms with van der Waals surface area (Å²) in [6, 6.07) is 19.8. The molecule has 5 rings (SSSR count). The third-order valence-corrected chi connectivity index (χ3v) is 8.10. The number of thiol groups is 1. The summed E-state index contributed by atoms with van der Waals surface area (Å²) in [6.45, 7) is 1.62. The second-order valence-corrected chi connectivity index (χ2v) is 11.3. The van der Waals surface area contributed by atoms with Crippen molar-refractivity contribution in [2.75, 3.05) is 5.32 Å². The highest BCUT2D eigenvalue weighted by Gasteiger charge is 2.52. The van der Waals surface area contributed by atoms with Gasteiger partial charge in [-0.2, -0.15) is 4.98 Å². The Balaban J connectivity index is 1.31. The maximum atomic E-state index is 12.7. The molecule has 3 aromatic carbocycles. The number of halogens is 2. The van der Waals surface area contributed by atoms with Gasteiger partial charge in [-0.25, -0.2) is 8.42 Å². The van der Waals surface area contributed by atoms with Crippen molar-refractivity contribution in [1.82, 2.24) is 10.1 Å². The molecule has 10 heteroatoms. The Morgan fingerprint density at radius 1 is 1.05 bits per heavy atom. The van der Waals surface area contributed by atoms with Crippen LogP contribution in [0.5, 0.6) is 0 Å². The summed E-state index contributed by atoms with van der Waals surface area (Å²) >= 11 is 13.4. The van der Waals surface area contributed by atoms with Gasteiger partial charge in [-0.05, 0) is 55.2 Å². The van der Waals surface area contributed by atoms with E-state index >= 15 is 0 Å². The van der Waals surface area contributed by atoms with Gasteiger partial charge >= 0.3 is 0 Å². The molecule has 7 nitrogen and oxygen atoms in total. The van der Waals surface area contributed by atoms with E-state index in [9.17, 15) is 13.2 Å². The van der Waals surface area contributed by atoms with E-state index in [-0.39, 0.29) is 12.3 Å². The lowest BCUT2D eigenvalue weighted by atomic mass is 9.94. The fraction of sp³-hybridized carbons (Fsp3) is 0.222. The van der Waals surface area contributed by atoms with Crippen LogP contribution < -0.4 is 5.32 Å². The summed E-state index contributed by atoms with van der Waals surface area (Å²) in [6.07, 6.45) is 1.67. The number of benzene rings is 3. The van der Waals surface area contributed by atoms with E-state index in [0.29, 0.717) is 33.0 Å². The predicted octanol–water partition coefficient (Wildman–Crippen LogP) is 5.98. The van der Waals surface area contributed by atoms with Crippen LogP contribution >= 0.6 is 23.2 Å². The van der Waals surface area contributed by atoms with Crippen molar-refractivity contribution in [3.63, 3.8) is 0 Å². The van der Waals surface area contributed by atoms with E-state index in [1.807, 2.05) is 30.3 Å². The first kappa shape index (κ1) is 25.4. The van der Waals surface area contributed by atoms with Crippen molar-refractivity contribution in [3.8, 4) is 11.5 Å². The van der Waals surface area contributed by atoms with Crippen molar-refractivity contribution < 1.29 is 17.7 Å². The minimum atomic E-state index is -2.55. The van der Waals surface area contributed by atoms with Crippen LogP contribution in [0.25, 0.3) is 11.5 Å². The highest BCUT2D eigenvalue weighted by atomic mass is 35.5. The first-order valence-corrected chi connectivity index (χ1v) is 13.7. The van der Waals surface area contributed by atoms with Crippen LogP contribution in [0.3, 0.4) is 0 Å². The molecule has 1 heterocycles. The number of nitrogens with one attached hydrogen (secondary N) is 1. The van der Waals surface area contributed by atoms with Crippen LogP contribution in [0.2, 0.25) is 10.0 Å². The van der Waals surface area contributed by atoms with Crippen molar-refractivity contribution >= 4 is 45.5 Å². The molecule has 0 aliphatic heterocycles. The molecule has 4 aromatic rings. The molecule has 1 saturated carbocycles. The largest absolute Gasteiger partial charge is 0.334 e. The van der Waals surface area contributed by atoms with Crippen LogP contribution in [0, 0.1) is 0 Å². The number of anilines is 1. The van der Waals surface area contributed by atoms with E-state index in [1.54, 1.807) is 43.3 Å². The van der Waals surface area contributed by atoms with Gasteiger partial charge in [0.15, 0.2) is 5.82 Å². The average Bonchev–Trinajstić information content (AvgIpc) is 3.50. The van der Waals surface area contributed by atoms with Gasteiger partial charge in [0.05, 0.1) is 17.1 Å². The van der Waals surface area contributed by atoms with E-state index in [2.05, 4.69) is 15.5 Å². The number of carbonyl (C=O) groups excluding carboxylic acids is 1. The molecule has 190 valence electrons. The molecule has 0 bridgehead atoms. The van der Waals surface area contributed by atoms with Crippen molar-refractivity contribution in [2.45, 2.75) is 36.9 Å². The van der Waals surface area contributed by atoms with E-state index in [1.165, 1.54) is 0 Å². The number of nitrogens with zero attached hydrogens (tertiary/aromatic N) is 2. The topological polar surface area (TPSA) is 102 Å². The Bertz CT molecular complexity index is 1500. The van der Waals surface area contributed by atoms with Crippen LogP contribution in [-0.4, -0.2) is 24.5 Å². The summed E-state index contributed by atoms with van der Waals surface area (Å²) in [5.74, 6) is 0.718. The molecule has 1 aromatic heterocycles. The molecule has 1 aliphatic rings. The van der Waals surface area contributed by atoms with Gasteiger partial charge < -0.3 is 9.84 Å². The molecular formula is C27H23Cl2N3O4S. The van der Waals surface area contributed by atoms with Gasteiger partial charge in [-0.1, -0.05) is 70.8 Å². The maximum absolute atomic E-state index is 12.7. The van der Waals surface area contributed by atoms with Crippen molar-refractivity contribution in [2.24, 2.45) is 0 Å². The first-order chi connectivity index (χ1) is 17.8. The Kier molecular flexibility index (Phi) is 7.07. The molecule has 1 atom stereocenters. The minimum Gasteiger partial charge on any atom is -0.334 e. The second kappa shape index (κ2) is 10.3. The molecular weight excluding hydrogens is 533 g/mol. The lowest BCUT2D eigenvalue weighted by molar-refractivity contribution is -0.115. The lowest BCUT2D eigenvalue weighted by Gasteiger charge is -2.17. The Morgan fingerprint density at radius 3 is 2.30 bits per heavy atom. The molecule has 1 amide bonds. The maximum Gasteiger partial charge on any atom is 0.257 e. The monoisotopic (exact) mass is 555 g/mol. The smallest absolute Gasteiger partial charge is 0.257 e. The highest BCUT2D eigenvalue weighted by Crippen LogP contribution is 2.57. The minimum absolute atomic E-state index is 0.115. The molecule has 1 aliphatic carbocycles. The molecule has 0 radical (unpaired) electrons. The third-order valence-electron chi connectivity index (χ3n) is 6.57. The van der Waals surface area contributed by atoms with E-state index < -0.39 is 21.4 Å². The number of carbonyl (C=O) groups is 1. The average molecular weight is 556 g/mol. The Morgan fingerprint density at radius 2 is 1.70 bits per heavy atom. The van der Waals surface area contributed by atoms with Gasteiger partial charge in [0.2, 0.25) is 5.91 Å². The predicted molar refractivity (Wildman–Crippen MR) is 144 cm³/mol. The fourth-order valence-corrected chi connectivity index (χ4v) is 5.62. The molecule has 0 saturated heterocycles. The number of amides is 1. The normalized spacial score (nSPS) is 14.9. The molecule has 37 heavy (non-hydrogen) atoms. The van der Waals surface area contributed by atoms with Crippen LogP contribution in [-0.2, 0) is 27.3 Å². The van der Waals surface area contributed by atoms with Gasteiger partial charge in [-0.15, -0.1) is 0 Å². The first-order valence-electron chi connectivity index (χ1n) is 11.7. The van der Waals surface area contributed by atoms with Gasteiger partial charge in [0.1, 0.15) is 10.7 Å². The van der Waals surface area contributed by atoms with E-state index in [0.717, 1.165) is 29.5 Å². The van der Waals surface area contributed by atoms with Crippen molar-refractivity contribution in [1.29, 1.82) is 0 Å². The number of hydrogen-bond acceptors (Lipinski definition) is 6. The number of rotatable bonds is 8. The summed E-state index contributed by atoms with van der Waals surface area (Å²) in [7, 11) is -2.55. The van der Waals surface area contributed by atoms with Gasteiger partial charge in [0.25, 0.3) is 5.89 Å². The van der Waals surface area contributed by atoms with E-state index in [4.69, 9.17) is 27.7 Å². The summed E-state index contributed by atoms with van der Waals surface area (Å²) < 4.78 is 27.9. The van der Waals surface area contributed by atoms with Crippen LogP contribution in [0.1, 0.15) is 47.5 Å². The number of hydrogen-bond donors (Lipinski definition) is 2. The van der Waals surface area contributed by atoms with Gasteiger partial charge in [-0.3, -0.25) is 4.79 Å². The quantitative estimate of drug-likeness (QED) is 0.259.